The summed E-state index contributed by atoms with van der Waals surface area (Å²) in [5.74, 6) is -0.495. The number of rotatable bonds is 1. The Morgan fingerprint density at radius 2 is 1.25 bits per heavy atom. The van der Waals surface area contributed by atoms with Gasteiger partial charge >= 0.3 is 21.7 Å². The third kappa shape index (κ3) is 8.95. The number of hydrogen-bond donors (Lipinski definition) is 0. The molecule has 0 aliphatic heterocycles. The van der Waals surface area contributed by atoms with E-state index in [1.807, 2.05) is 0 Å². The summed E-state index contributed by atoms with van der Waals surface area (Å²) >= 11 is 0. The van der Waals surface area contributed by atoms with Crippen molar-refractivity contribution in [3.8, 4) is 0 Å². The quantitative estimate of drug-likeness (QED) is 0.391. The molecule has 2 nitrogen and oxygen atoms in total. The van der Waals surface area contributed by atoms with Crippen molar-refractivity contribution in [2.45, 2.75) is 26.4 Å². The average Bonchev–Trinajstić information content (AvgIpc) is 2.87. The number of halogens is 2. The Balaban J connectivity index is -0.000000351. The molecule has 3 rings (SSSR count). The van der Waals surface area contributed by atoms with Crippen LogP contribution in [0.1, 0.15) is 13.3 Å². The normalized spacial score (nSPS) is 8.29. The van der Waals surface area contributed by atoms with E-state index >= 15 is 0 Å². The van der Waals surface area contributed by atoms with Crippen LogP contribution in [0.5, 0.6) is 0 Å². The number of benzene rings is 2. The van der Waals surface area contributed by atoms with E-state index in [9.17, 15) is 4.79 Å². The monoisotopic (exact) mass is 413 g/mol. The average molecular weight is 414 g/mol. The molecule has 0 heterocycles. The summed E-state index contributed by atoms with van der Waals surface area (Å²) in [4.78, 5) is 9.48. The van der Waals surface area contributed by atoms with Crippen molar-refractivity contribution in [3.05, 3.63) is 60.3 Å². The predicted octanol–water partition coefficient (Wildman–Crippen LogP) is -0.521. The van der Waals surface area contributed by atoms with Crippen LogP contribution in [0.2, 0.25) is 13.1 Å². The second kappa shape index (κ2) is 15.8. The van der Waals surface area contributed by atoms with Crippen molar-refractivity contribution >= 4 is 37.0 Å². The van der Waals surface area contributed by atoms with E-state index in [4.69, 9.17) is 5.73 Å². The van der Waals surface area contributed by atoms with E-state index in [0.29, 0.717) is 6.42 Å². The Hall–Kier alpha value is -0.709. The minimum absolute atomic E-state index is 0. The second-order valence-corrected chi connectivity index (χ2v) is 5.60. The Morgan fingerprint density at radius 3 is 1.54 bits per heavy atom. The fraction of sp³-hybridized carbons (Fsp3) is 0.222. The molecule has 0 bridgehead atoms. The van der Waals surface area contributed by atoms with Gasteiger partial charge in [0, 0.05) is 15.4 Å². The molecule has 0 unspecified atom stereocenters. The zero-order chi connectivity index (χ0) is 15.7. The molecule has 0 fully saturated rings. The molecule has 0 aliphatic carbocycles. The molecule has 0 atom stereocenters. The molecule has 1 amide bonds. The van der Waals surface area contributed by atoms with Gasteiger partial charge in [0.25, 0.3) is 0 Å². The van der Waals surface area contributed by atoms with E-state index in [2.05, 4.69) is 67.7 Å². The number of carbonyl (C=O) groups excluding carboxylic acids is 1. The standard InChI is InChI=1S/C13H9.C3H7NO.C2H6Si.2ClH.Ti/c1-3-7-12-10(5-1)9-11-6-2-4-8-13(11)12;1-2-3(4)5;1-3-2;;;/h1-9H;2H2,1H3,(H2,4,5);1-2H3;2*1H;/q-1;;;;;+4/p-3. The van der Waals surface area contributed by atoms with Crippen LogP contribution < -0.4 is 24.8 Å². The maximum absolute atomic E-state index is 9.48. The first-order valence-electron chi connectivity index (χ1n) is 7.00. The number of nitrogens with one attached hydrogen (secondary N) is 1. The maximum Gasteiger partial charge on any atom is 4.00 e. The summed E-state index contributed by atoms with van der Waals surface area (Å²) in [6, 6.07) is 19.3. The summed E-state index contributed by atoms with van der Waals surface area (Å²) in [6.07, 6.45) is 0.333. The minimum Gasteiger partial charge on any atom is -1.00 e. The summed E-state index contributed by atoms with van der Waals surface area (Å²) in [7, 11) is 1.08. The van der Waals surface area contributed by atoms with Crippen LogP contribution in [0.25, 0.3) is 27.3 Å². The summed E-state index contributed by atoms with van der Waals surface area (Å²) < 4.78 is 0. The molecule has 6 heteroatoms. The molecule has 0 saturated heterocycles. The maximum atomic E-state index is 9.48. The molecule has 0 aliphatic rings. The van der Waals surface area contributed by atoms with Crippen LogP contribution >= 0.6 is 0 Å². The predicted molar refractivity (Wildman–Crippen MR) is 94.1 cm³/mol. The fourth-order valence-electron chi connectivity index (χ4n) is 1.90. The molecular formula is C18H21Cl2NOSiTi. The Kier molecular flexibility index (Phi) is 18.5. The van der Waals surface area contributed by atoms with Gasteiger partial charge in [-0.15, -0.1) is 39.7 Å². The Labute approximate surface area is 174 Å². The van der Waals surface area contributed by atoms with Crippen molar-refractivity contribution in [2.75, 3.05) is 0 Å². The summed E-state index contributed by atoms with van der Waals surface area (Å²) in [5.41, 5.74) is 6.19. The largest absolute Gasteiger partial charge is 4.00 e. The van der Waals surface area contributed by atoms with Gasteiger partial charge in [-0.1, -0.05) is 56.4 Å². The summed E-state index contributed by atoms with van der Waals surface area (Å²) in [5, 5.41) is 5.39. The first-order chi connectivity index (χ1) is 10.1. The van der Waals surface area contributed by atoms with E-state index in [-0.39, 0.29) is 46.5 Å². The first kappa shape index (κ1) is 28.1. The molecule has 1 N–H and O–H groups in total. The van der Waals surface area contributed by atoms with Crippen molar-refractivity contribution in [1.82, 2.24) is 0 Å². The van der Waals surface area contributed by atoms with Crippen LogP contribution in [0.4, 0.5) is 0 Å². The van der Waals surface area contributed by atoms with Gasteiger partial charge in [0.15, 0.2) is 0 Å². The first-order valence-corrected chi connectivity index (χ1v) is 9.00. The van der Waals surface area contributed by atoms with E-state index < -0.39 is 5.91 Å². The number of amides is 1. The Morgan fingerprint density at radius 1 is 0.958 bits per heavy atom. The van der Waals surface area contributed by atoms with Crippen molar-refractivity contribution in [3.63, 3.8) is 0 Å². The molecule has 2 radical (unpaired) electrons. The van der Waals surface area contributed by atoms with Gasteiger partial charge in [-0.25, -0.2) is 0 Å². The minimum atomic E-state index is -0.495. The molecule has 24 heavy (non-hydrogen) atoms. The number of hydrogen-bond acceptors (Lipinski definition) is 1. The summed E-state index contributed by atoms with van der Waals surface area (Å²) in [6.45, 7) is 5.97. The SMILES string of the molecule is CCC([NH-])=O.C[Si]C.[Cl-].[Cl-].[Ti+4].c1ccc2c(c1)[cH-]c1ccccc12. The van der Waals surface area contributed by atoms with Gasteiger partial charge in [-0.05, 0) is 6.42 Å². The zero-order valence-electron chi connectivity index (χ0n) is 14.1. The van der Waals surface area contributed by atoms with Gasteiger partial charge in [0.2, 0.25) is 0 Å². The van der Waals surface area contributed by atoms with Gasteiger partial charge in [0.05, 0.1) is 0 Å². The van der Waals surface area contributed by atoms with Crippen LogP contribution in [-0.2, 0) is 26.5 Å². The van der Waals surface area contributed by atoms with Crippen LogP contribution in [0.3, 0.4) is 0 Å². The smallest absolute Gasteiger partial charge is 1.00 e. The fourth-order valence-corrected chi connectivity index (χ4v) is 1.90. The molecule has 3 aromatic carbocycles. The zero-order valence-corrected chi connectivity index (χ0v) is 18.1. The third-order valence-electron chi connectivity index (χ3n) is 2.84. The van der Waals surface area contributed by atoms with E-state index in [1.165, 1.54) is 21.5 Å². The molecule has 0 saturated carbocycles. The Bertz CT molecular complexity index is 653. The van der Waals surface area contributed by atoms with Crippen LogP contribution in [0, 0.1) is 0 Å². The number of carbonyl (C=O) groups is 1. The number of fused-ring (bicyclic) bond motifs is 3. The topological polar surface area (TPSA) is 40.9 Å². The second-order valence-electron chi connectivity index (χ2n) is 4.60. The van der Waals surface area contributed by atoms with Crippen LogP contribution in [0.15, 0.2) is 54.6 Å². The molecule has 126 valence electrons. The van der Waals surface area contributed by atoms with Gasteiger partial charge in [0.1, 0.15) is 0 Å². The van der Waals surface area contributed by atoms with Crippen molar-refractivity contribution in [2.24, 2.45) is 0 Å². The van der Waals surface area contributed by atoms with E-state index in [0.717, 1.165) is 9.52 Å². The molecule has 0 spiro atoms. The van der Waals surface area contributed by atoms with Gasteiger partial charge in [-0.3, -0.25) is 0 Å². The van der Waals surface area contributed by atoms with Crippen LogP contribution in [-0.4, -0.2) is 15.4 Å². The van der Waals surface area contributed by atoms with Crippen molar-refractivity contribution < 1.29 is 51.3 Å². The third-order valence-corrected chi connectivity index (χ3v) is 2.84. The molecule has 0 aromatic heterocycles. The van der Waals surface area contributed by atoms with Gasteiger partial charge < -0.3 is 35.3 Å². The van der Waals surface area contributed by atoms with Crippen molar-refractivity contribution in [1.29, 1.82) is 0 Å². The van der Waals surface area contributed by atoms with Gasteiger partial charge in [-0.2, -0.15) is 0 Å². The molecule has 3 aromatic rings. The van der Waals surface area contributed by atoms with E-state index in [1.54, 1.807) is 6.92 Å². The molecular weight excluding hydrogens is 393 g/mol.